The predicted octanol–water partition coefficient (Wildman–Crippen LogP) is 9.10. The number of fused-ring (bicyclic) bond motifs is 5. The minimum Gasteiger partial charge on any atom is -0.490 e. The van der Waals surface area contributed by atoms with Crippen LogP contribution >= 0.6 is 0 Å². The van der Waals surface area contributed by atoms with Crippen molar-refractivity contribution in [1.82, 2.24) is 0 Å². The summed E-state index contributed by atoms with van der Waals surface area (Å²) >= 11 is 0. The number of aryl methyl sites for hydroxylation is 1. The lowest BCUT2D eigenvalue weighted by Gasteiger charge is -2.58. The van der Waals surface area contributed by atoms with Crippen LogP contribution in [0.3, 0.4) is 0 Å². The van der Waals surface area contributed by atoms with E-state index in [2.05, 4.69) is 85.0 Å². The van der Waals surface area contributed by atoms with E-state index in [0.717, 1.165) is 23.5 Å². The summed E-state index contributed by atoms with van der Waals surface area (Å²) in [6.07, 6.45) is 13.7. The van der Waals surface area contributed by atoms with Gasteiger partial charge in [0.25, 0.3) is 0 Å². The summed E-state index contributed by atoms with van der Waals surface area (Å²) < 4.78 is 13.6. The normalized spacial score (nSPS) is 39.3. The second kappa shape index (κ2) is 8.76. The molecule has 5 rings (SSSR count). The third kappa shape index (κ3) is 4.37. The third-order valence-corrected chi connectivity index (χ3v) is 16.1. The van der Waals surface area contributed by atoms with E-state index >= 15 is 0 Å². The molecule has 4 aliphatic rings. The highest BCUT2D eigenvalue weighted by molar-refractivity contribution is 6.74. The van der Waals surface area contributed by atoms with E-state index in [1.165, 1.54) is 56.9 Å². The molecule has 0 saturated heterocycles. The first-order valence-electron chi connectivity index (χ1n) is 14.4. The molecule has 0 unspecified atom stereocenters. The average Bonchev–Trinajstić information content (AvgIpc) is 3.11. The molecular formula is C32H50O2Si. The van der Waals surface area contributed by atoms with Crippen LogP contribution in [0.5, 0.6) is 5.75 Å². The molecular weight excluding hydrogens is 444 g/mol. The molecule has 3 saturated carbocycles. The van der Waals surface area contributed by atoms with E-state index in [9.17, 15) is 0 Å². The highest BCUT2D eigenvalue weighted by atomic mass is 28.4. The zero-order valence-corrected chi connectivity index (χ0v) is 24.7. The molecule has 0 spiro atoms. The molecule has 0 bridgehead atoms. The minimum atomic E-state index is -1.72. The summed E-state index contributed by atoms with van der Waals surface area (Å²) in [6.45, 7) is 19.3. The fourth-order valence-electron chi connectivity index (χ4n) is 8.25. The van der Waals surface area contributed by atoms with Crippen LogP contribution in [0.15, 0.2) is 35.9 Å². The van der Waals surface area contributed by atoms with E-state index in [1.807, 2.05) is 0 Å². The Morgan fingerprint density at radius 3 is 2.31 bits per heavy atom. The van der Waals surface area contributed by atoms with Gasteiger partial charge >= 0.3 is 0 Å². The molecule has 7 atom stereocenters. The van der Waals surface area contributed by atoms with Crippen LogP contribution in [0, 0.1) is 35.5 Å². The Kier molecular flexibility index (Phi) is 6.40. The van der Waals surface area contributed by atoms with Crippen LogP contribution < -0.4 is 4.74 Å². The number of benzene rings is 1. The molecule has 0 aromatic heterocycles. The second-order valence-corrected chi connectivity index (χ2v) is 19.3. The summed E-state index contributed by atoms with van der Waals surface area (Å²) in [5, 5.41) is 0.285. The van der Waals surface area contributed by atoms with E-state index in [-0.39, 0.29) is 5.04 Å². The van der Waals surface area contributed by atoms with Crippen molar-refractivity contribution in [2.24, 2.45) is 28.6 Å². The third-order valence-electron chi connectivity index (χ3n) is 11.5. The Morgan fingerprint density at radius 1 is 0.914 bits per heavy atom. The van der Waals surface area contributed by atoms with Crippen LogP contribution in [0.1, 0.15) is 91.5 Å². The van der Waals surface area contributed by atoms with Crippen LogP contribution in [0.2, 0.25) is 18.1 Å². The van der Waals surface area contributed by atoms with Crippen molar-refractivity contribution in [3.8, 4) is 5.75 Å². The van der Waals surface area contributed by atoms with E-state index in [1.54, 1.807) is 5.57 Å². The van der Waals surface area contributed by atoms with Gasteiger partial charge in [-0.25, -0.2) is 0 Å². The Morgan fingerprint density at radius 2 is 1.63 bits per heavy atom. The van der Waals surface area contributed by atoms with Gasteiger partial charge in [0.2, 0.25) is 0 Å². The summed E-state index contributed by atoms with van der Waals surface area (Å²) in [7, 11) is -1.72. The van der Waals surface area contributed by atoms with Crippen molar-refractivity contribution in [2.75, 3.05) is 0 Å². The molecule has 0 heterocycles. The van der Waals surface area contributed by atoms with Gasteiger partial charge in [-0.05, 0) is 112 Å². The molecule has 0 amide bonds. The summed E-state index contributed by atoms with van der Waals surface area (Å²) in [6, 6.07) is 8.69. The van der Waals surface area contributed by atoms with Crippen LogP contribution in [-0.2, 0) is 4.43 Å². The first-order valence-corrected chi connectivity index (χ1v) is 17.3. The quantitative estimate of drug-likeness (QED) is 0.307. The fourth-order valence-corrected chi connectivity index (χ4v) is 9.64. The first-order chi connectivity index (χ1) is 16.3. The highest BCUT2D eigenvalue weighted by Gasteiger charge is 2.59. The SMILES string of the molecule is Cc1ccc(O[C@H]2CC[C@H]3[C@@H]4CC=C5C[C@@H](O[Si](C)(C)C(C)(C)C)CC[C@]5(C)[C@H]4CC[C@]23C)cc1. The maximum atomic E-state index is 6.92. The van der Waals surface area contributed by atoms with E-state index < -0.39 is 8.32 Å². The lowest BCUT2D eigenvalue weighted by Crippen LogP contribution is -2.52. The molecule has 1 aromatic rings. The summed E-state index contributed by atoms with van der Waals surface area (Å²) in [4.78, 5) is 0. The Balaban J connectivity index is 1.31. The molecule has 1 aromatic carbocycles. The summed E-state index contributed by atoms with van der Waals surface area (Å²) in [5.74, 6) is 3.52. The van der Waals surface area contributed by atoms with Crippen LogP contribution in [0.25, 0.3) is 0 Å². The zero-order chi connectivity index (χ0) is 25.2. The van der Waals surface area contributed by atoms with Crippen molar-refractivity contribution in [3.63, 3.8) is 0 Å². The van der Waals surface area contributed by atoms with Crippen molar-refractivity contribution < 1.29 is 9.16 Å². The number of rotatable bonds is 4. The average molecular weight is 495 g/mol. The lowest BCUT2D eigenvalue weighted by atomic mass is 9.48. The number of allylic oxidation sites excluding steroid dienone is 1. The zero-order valence-electron chi connectivity index (χ0n) is 23.7. The van der Waals surface area contributed by atoms with Gasteiger partial charge in [0.15, 0.2) is 8.32 Å². The molecule has 35 heavy (non-hydrogen) atoms. The van der Waals surface area contributed by atoms with Crippen molar-refractivity contribution in [1.29, 1.82) is 0 Å². The molecule has 3 heteroatoms. The molecule has 0 aliphatic heterocycles. The van der Waals surface area contributed by atoms with Gasteiger partial charge in [-0.2, -0.15) is 0 Å². The highest BCUT2D eigenvalue weighted by Crippen LogP contribution is 2.65. The van der Waals surface area contributed by atoms with Gasteiger partial charge in [-0.1, -0.05) is 64.0 Å². The van der Waals surface area contributed by atoms with Crippen molar-refractivity contribution in [3.05, 3.63) is 41.5 Å². The fraction of sp³-hybridized carbons (Fsp3) is 0.750. The van der Waals surface area contributed by atoms with Gasteiger partial charge in [0.05, 0.1) is 0 Å². The molecule has 194 valence electrons. The number of hydrogen-bond donors (Lipinski definition) is 0. The van der Waals surface area contributed by atoms with E-state index in [4.69, 9.17) is 9.16 Å². The van der Waals surface area contributed by atoms with Crippen molar-refractivity contribution in [2.45, 2.75) is 123 Å². The monoisotopic (exact) mass is 494 g/mol. The number of ether oxygens (including phenoxy) is 1. The van der Waals surface area contributed by atoms with Crippen molar-refractivity contribution >= 4 is 8.32 Å². The number of hydrogen-bond acceptors (Lipinski definition) is 2. The van der Waals surface area contributed by atoms with Gasteiger partial charge in [0.1, 0.15) is 11.9 Å². The molecule has 3 fully saturated rings. The van der Waals surface area contributed by atoms with Crippen LogP contribution in [-0.4, -0.2) is 20.5 Å². The molecule has 0 N–H and O–H groups in total. The van der Waals surface area contributed by atoms with Gasteiger partial charge in [-0.15, -0.1) is 0 Å². The molecule has 2 nitrogen and oxygen atoms in total. The van der Waals surface area contributed by atoms with E-state index in [0.29, 0.717) is 23.0 Å². The van der Waals surface area contributed by atoms with Gasteiger partial charge < -0.3 is 9.16 Å². The second-order valence-electron chi connectivity index (χ2n) is 14.5. The maximum Gasteiger partial charge on any atom is 0.192 e. The maximum absolute atomic E-state index is 6.92. The van der Waals surface area contributed by atoms with Gasteiger partial charge in [0, 0.05) is 11.5 Å². The predicted molar refractivity (Wildman–Crippen MR) is 149 cm³/mol. The van der Waals surface area contributed by atoms with Crippen LogP contribution in [0.4, 0.5) is 0 Å². The Bertz CT molecular complexity index is 957. The topological polar surface area (TPSA) is 18.5 Å². The lowest BCUT2D eigenvalue weighted by molar-refractivity contribution is -0.0644. The molecule has 0 radical (unpaired) electrons. The largest absolute Gasteiger partial charge is 0.490 e. The summed E-state index contributed by atoms with van der Waals surface area (Å²) in [5.41, 5.74) is 3.74. The van der Waals surface area contributed by atoms with Gasteiger partial charge in [-0.3, -0.25) is 0 Å². The first kappa shape index (κ1) is 25.6. The smallest absolute Gasteiger partial charge is 0.192 e. The minimum absolute atomic E-state index is 0.285. The Labute approximate surface area is 216 Å². The molecule has 4 aliphatic carbocycles. The standard InChI is InChI=1S/C32H50O2Si/c1-22-9-12-24(13-10-22)33-29-16-15-27-26-14-11-23-21-25(34-35(7,8)30(2,3)4)17-19-31(23,5)28(26)18-20-32(27,29)6/h9-13,25-29H,14-21H2,1-8H3/t25-,26-,27-,28-,29-,31-,32-/m0/s1. The Hall–Kier alpha value is -1.06.